The molecule has 1 N–H and O–H groups in total. The molecule has 1 atom stereocenters. The van der Waals surface area contributed by atoms with E-state index < -0.39 is 0 Å². The lowest BCUT2D eigenvalue weighted by Crippen LogP contribution is -2.46. The van der Waals surface area contributed by atoms with Gasteiger partial charge in [-0.3, -0.25) is 4.90 Å². The van der Waals surface area contributed by atoms with Crippen LogP contribution in [0.5, 0.6) is 0 Å². The van der Waals surface area contributed by atoms with E-state index >= 15 is 0 Å². The fraction of sp³-hybridized carbons (Fsp3) is 0.500. The molecule has 0 radical (unpaired) electrons. The molecule has 5 heteroatoms. The van der Waals surface area contributed by atoms with Crippen LogP contribution < -0.4 is 0 Å². The molecule has 5 nitrogen and oxygen atoms in total. The minimum Gasteiger partial charge on any atom is -0.443 e. The summed E-state index contributed by atoms with van der Waals surface area (Å²) in [7, 11) is 2.13. The number of likely N-dealkylation sites (N-methyl/N-ethyl adjacent to an activating group) is 1. The highest BCUT2D eigenvalue weighted by atomic mass is 16.3. The van der Waals surface area contributed by atoms with Crippen LogP contribution in [0.15, 0.2) is 29.0 Å². The SMILES string of the molecule is CN1CCN(C(CO)c2ccc3ncoc3c2)CC1. The molecule has 102 valence electrons. The van der Waals surface area contributed by atoms with Crippen LogP contribution in [-0.2, 0) is 0 Å². The van der Waals surface area contributed by atoms with Crippen molar-refractivity contribution in [2.45, 2.75) is 6.04 Å². The van der Waals surface area contributed by atoms with Gasteiger partial charge in [-0.2, -0.15) is 0 Å². The third-order valence-corrected chi connectivity index (χ3v) is 3.89. The van der Waals surface area contributed by atoms with Gasteiger partial charge >= 0.3 is 0 Å². The number of benzene rings is 1. The van der Waals surface area contributed by atoms with E-state index in [1.54, 1.807) is 0 Å². The third-order valence-electron chi connectivity index (χ3n) is 3.89. The first-order valence-corrected chi connectivity index (χ1v) is 6.64. The number of oxazole rings is 1. The molecule has 2 aromatic rings. The maximum atomic E-state index is 9.72. The Morgan fingerprint density at radius 2 is 2.11 bits per heavy atom. The number of nitrogens with zero attached hydrogens (tertiary/aromatic N) is 3. The number of aliphatic hydroxyl groups is 1. The maximum Gasteiger partial charge on any atom is 0.181 e. The molecule has 0 saturated carbocycles. The quantitative estimate of drug-likeness (QED) is 0.897. The molecule has 1 aromatic carbocycles. The molecule has 1 aromatic heterocycles. The van der Waals surface area contributed by atoms with Gasteiger partial charge in [-0.1, -0.05) is 6.07 Å². The monoisotopic (exact) mass is 261 g/mol. The van der Waals surface area contributed by atoms with E-state index in [-0.39, 0.29) is 12.6 Å². The third kappa shape index (κ3) is 2.49. The lowest BCUT2D eigenvalue weighted by Gasteiger charge is -2.37. The highest BCUT2D eigenvalue weighted by Crippen LogP contribution is 2.24. The van der Waals surface area contributed by atoms with Gasteiger partial charge in [-0.15, -0.1) is 0 Å². The van der Waals surface area contributed by atoms with Crippen LogP contribution in [-0.4, -0.2) is 59.7 Å². The average molecular weight is 261 g/mol. The maximum absolute atomic E-state index is 9.72. The molecule has 0 amide bonds. The van der Waals surface area contributed by atoms with Gasteiger partial charge in [0.25, 0.3) is 0 Å². The molecule has 0 aliphatic carbocycles. The standard InChI is InChI=1S/C14H19N3O2/c1-16-4-6-17(7-5-16)13(9-18)11-2-3-12-14(8-11)19-10-15-12/h2-3,8,10,13,18H,4-7,9H2,1H3. The Balaban J connectivity index is 1.84. The lowest BCUT2D eigenvalue weighted by atomic mass is 10.0. The summed E-state index contributed by atoms with van der Waals surface area (Å²) < 4.78 is 5.34. The molecule has 2 heterocycles. The molecule has 1 saturated heterocycles. The molecular weight excluding hydrogens is 242 g/mol. The van der Waals surface area contributed by atoms with Crippen molar-refractivity contribution in [2.75, 3.05) is 39.8 Å². The number of piperazine rings is 1. The molecule has 1 fully saturated rings. The van der Waals surface area contributed by atoms with E-state index in [0.717, 1.165) is 42.8 Å². The average Bonchev–Trinajstić information content (AvgIpc) is 2.89. The lowest BCUT2D eigenvalue weighted by molar-refractivity contribution is 0.0748. The van der Waals surface area contributed by atoms with Gasteiger partial charge in [0.1, 0.15) is 5.52 Å². The summed E-state index contributed by atoms with van der Waals surface area (Å²) in [6, 6.07) is 6.02. The predicted molar refractivity (Wildman–Crippen MR) is 72.9 cm³/mol. The summed E-state index contributed by atoms with van der Waals surface area (Å²) in [5, 5.41) is 9.72. The Kier molecular flexibility index (Phi) is 3.50. The normalized spacial score (nSPS) is 19.9. The largest absolute Gasteiger partial charge is 0.443 e. The van der Waals surface area contributed by atoms with E-state index in [1.807, 2.05) is 18.2 Å². The van der Waals surface area contributed by atoms with Crippen molar-refractivity contribution < 1.29 is 9.52 Å². The Labute approximate surface area is 112 Å². The number of fused-ring (bicyclic) bond motifs is 1. The van der Waals surface area contributed by atoms with Crippen molar-refractivity contribution in [3.8, 4) is 0 Å². The number of rotatable bonds is 3. The van der Waals surface area contributed by atoms with E-state index in [9.17, 15) is 5.11 Å². The van der Waals surface area contributed by atoms with Gasteiger partial charge < -0.3 is 14.4 Å². The van der Waals surface area contributed by atoms with Crippen LogP contribution in [0.1, 0.15) is 11.6 Å². The minimum atomic E-state index is 0.0446. The van der Waals surface area contributed by atoms with Gasteiger partial charge in [0.15, 0.2) is 12.0 Å². The first-order valence-electron chi connectivity index (χ1n) is 6.64. The highest BCUT2D eigenvalue weighted by molar-refractivity contribution is 5.72. The second-order valence-electron chi connectivity index (χ2n) is 5.12. The minimum absolute atomic E-state index is 0.0446. The van der Waals surface area contributed by atoms with E-state index in [0.29, 0.717) is 0 Å². The predicted octanol–water partition coefficient (Wildman–Crippen LogP) is 1.11. The van der Waals surface area contributed by atoms with Crippen LogP contribution in [0.3, 0.4) is 0 Å². The van der Waals surface area contributed by atoms with Gasteiger partial charge in [0.2, 0.25) is 0 Å². The Morgan fingerprint density at radius 1 is 1.32 bits per heavy atom. The molecule has 3 rings (SSSR count). The molecule has 1 aliphatic rings. The number of aromatic nitrogens is 1. The van der Waals surface area contributed by atoms with Crippen molar-refractivity contribution in [1.29, 1.82) is 0 Å². The van der Waals surface area contributed by atoms with Crippen LogP contribution in [0.4, 0.5) is 0 Å². The van der Waals surface area contributed by atoms with Gasteiger partial charge in [-0.05, 0) is 24.7 Å². The zero-order chi connectivity index (χ0) is 13.2. The first-order chi connectivity index (χ1) is 9.28. The van der Waals surface area contributed by atoms with E-state index in [4.69, 9.17) is 4.42 Å². The summed E-state index contributed by atoms with van der Waals surface area (Å²) in [5.74, 6) is 0. The topological polar surface area (TPSA) is 52.7 Å². The van der Waals surface area contributed by atoms with Crippen molar-refractivity contribution in [2.24, 2.45) is 0 Å². The zero-order valence-corrected chi connectivity index (χ0v) is 11.1. The van der Waals surface area contributed by atoms with Gasteiger partial charge in [-0.25, -0.2) is 4.98 Å². The van der Waals surface area contributed by atoms with Crippen LogP contribution in [0.2, 0.25) is 0 Å². The fourth-order valence-corrected chi connectivity index (χ4v) is 2.64. The summed E-state index contributed by atoms with van der Waals surface area (Å²) in [4.78, 5) is 8.76. The number of aliphatic hydroxyl groups excluding tert-OH is 1. The summed E-state index contributed by atoms with van der Waals surface area (Å²) >= 11 is 0. The highest BCUT2D eigenvalue weighted by Gasteiger charge is 2.23. The van der Waals surface area contributed by atoms with Crippen LogP contribution >= 0.6 is 0 Å². The van der Waals surface area contributed by atoms with Crippen LogP contribution in [0.25, 0.3) is 11.1 Å². The second-order valence-corrected chi connectivity index (χ2v) is 5.12. The van der Waals surface area contributed by atoms with Crippen molar-refractivity contribution >= 4 is 11.1 Å². The van der Waals surface area contributed by atoms with Crippen LogP contribution in [0, 0.1) is 0 Å². The summed E-state index contributed by atoms with van der Waals surface area (Å²) in [5.41, 5.74) is 2.74. The Hall–Kier alpha value is -1.43. The van der Waals surface area contributed by atoms with Crippen molar-refractivity contribution in [1.82, 2.24) is 14.8 Å². The van der Waals surface area contributed by atoms with Crippen molar-refractivity contribution in [3.63, 3.8) is 0 Å². The fourth-order valence-electron chi connectivity index (χ4n) is 2.64. The molecule has 19 heavy (non-hydrogen) atoms. The number of hydrogen-bond acceptors (Lipinski definition) is 5. The van der Waals surface area contributed by atoms with E-state index in [1.165, 1.54) is 6.39 Å². The first kappa shape index (κ1) is 12.6. The summed E-state index contributed by atoms with van der Waals surface area (Å²) in [6.45, 7) is 4.18. The summed E-state index contributed by atoms with van der Waals surface area (Å²) in [6.07, 6.45) is 1.46. The van der Waals surface area contributed by atoms with Gasteiger partial charge in [0, 0.05) is 26.2 Å². The molecule has 0 spiro atoms. The second kappa shape index (κ2) is 5.28. The number of hydrogen-bond donors (Lipinski definition) is 1. The van der Waals surface area contributed by atoms with Crippen molar-refractivity contribution in [3.05, 3.63) is 30.2 Å². The Bertz CT molecular complexity index is 546. The smallest absolute Gasteiger partial charge is 0.181 e. The molecule has 1 aliphatic heterocycles. The zero-order valence-electron chi connectivity index (χ0n) is 11.1. The Morgan fingerprint density at radius 3 is 2.84 bits per heavy atom. The van der Waals surface area contributed by atoms with E-state index in [2.05, 4.69) is 21.8 Å². The van der Waals surface area contributed by atoms with Gasteiger partial charge in [0.05, 0.1) is 12.6 Å². The molecule has 1 unspecified atom stereocenters. The molecular formula is C14H19N3O2. The molecule has 0 bridgehead atoms.